The number of imide groups is 1. The van der Waals surface area contributed by atoms with Crippen LogP contribution in [-0.2, 0) is 19.1 Å². The molecule has 0 saturated carbocycles. The normalized spacial score (nSPS) is 27.0. The lowest BCUT2D eigenvalue weighted by atomic mass is 9.84. The van der Waals surface area contributed by atoms with Crippen molar-refractivity contribution in [2.24, 2.45) is 11.8 Å². The van der Waals surface area contributed by atoms with Crippen LogP contribution in [0.1, 0.15) is 22.7 Å². The van der Waals surface area contributed by atoms with Crippen molar-refractivity contribution in [3.8, 4) is 0 Å². The first-order chi connectivity index (χ1) is 14.0. The maximum absolute atomic E-state index is 13.5. The lowest BCUT2D eigenvalue weighted by Gasteiger charge is -2.34. The lowest BCUT2D eigenvalue weighted by Crippen LogP contribution is -2.44. The van der Waals surface area contributed by atoms with Gasteiger partial charge in [-0.05, 0) is 36.3 Å². The Labute approximate surface area is 168 Å². The fraction of sp³-hybridized carbons (Fsp3) is 0.261. The summed E-state index contributed by atoms with van der Waals surface area (Å²) in [5.41, 5.74) is 3.52. The van der Waals surface area contributed by atoms with Gasteiger partial charge < -0.3 is 9.64 Å². The number of methoxy groups -OCH3 is 1. The van der Waals surface area contributed by atoms with Gasteiger partial charge in [-0.15, -0.1) is 0 Å². The monoisotopic (exact) mass is 388 g/mol. The molecule has 2 saturated heterocycles. The van der Waals surface area contributed by atoms with Crippen molar-refractivity contribution < 1.29 is 19.1 Å². The molecule has 0 N–H and O–H groups in total. The SMILES string of the molecule is COC(=O)C1C2C(=O)N(c3ccc(C)cc3)C(=O)C2C2c3ccccc3C=CN12. The van der Waals surface area contributed by atoms with Crippen molar-refractivity contribution in [3.63, 3.8) is 0 Å². The van der Waals surface area contributed by atoms with Crippen LogP contribution in [0.4, 0.5) is 5.69 Å². The van der Waals surface area contributed by atoms with Crippen LogP contribution in [0.25, 0.3) is 6.08 Å². The first-order valence-corrected chi connectivity index (χ1v) is 9.60. The molecule has 4 unspecified atom stereocenters. The number of nitrogens with zero attached hydrogens (tertiary/aromatic N) is 2. The number of anilines is 1. The summed E-state index contributed by atoms with van der Waals surface area (Å²) >= 11 is 0. The highest BCUT2D eigenvalue weighted by molar-refractivity contribution is 6.23. The van der Waals surface area contributed by atoms with Crippen molar-refractivity contribution in [1.29, 1.82) is 0 Å². The van der Waals surface area contributed by atoms with Crippen LogP contribution in [-0.4, -0.2) is 35.8 Å². The smallest absolute Gasteiger partial charge is 0.329 e. The molecule has 3 aliphatic heterocycles. The Kier molecular flexibility index (Phi) is 3.84. The highest BCUT2D eigenvalue weighted by Crippen LogP contribution is 2.53. The molecule has 5 rings (SSSR count). The average Bonchev–Trinajstić information content (AvgIpc) is 3.21. The fourth-order valence-electron chi connectivity index (χ4n) is 4.90. The van der Waals surface area contributed by atoms with E-state index in [-0.39, 0.29) is 17.9 Å². The summed E-state index contributed by atoms with van der Waals surface area (Å²) in [4.78, 5) is 42.7. The topological polar surface area (TPSA) is 66.9 Å². The summed E-state index contributed by atoms with van der Waals surface area (Å²) in [7, 11) is 1.31. The van der Waals surface area contributed by atoms with E-state index in [1.165, 1.54) is 12.0 Å². The fourth-order valence-corrected chi connectivity index (χ4v) is 4.90. The molecule has 0 radical (unpaired) electrons. The Balaban J connectivity index is 1.65. The lowest BCUT2D eigenvalue weighted by molar-refractivity contribution is -0.148. The minimum Gasteiger partial charge on any atom is -0.467 e. The zero-order valence-electron chi connectivity index (χ0n) is 16.1. The van der Waals surface area contributed by atoms with Gasteiger partial charge in [0.1, 0.15) is 6.04 Å². The van der Waals surface area contributed by atoms with E-state index in [4.69, 9.17) is 4.74 Å². The maximum atomic E-state index is 13.5. The number of hydrogen-bond donors (Lipinski definition) is 0. The summed E-state index contributed by atoms with van der Waals surface area (Å²) < 4.78 is 5.02. The molecule has 0 aliphatic carbocycles. The molecule has 146 valence electrons. The molecular formula is C23H20N2O4. The van der Waals surface area contributed by atoms with Gasteiger partial charge in [-0.25, -0.2) is 9.69 Å². The van der Waals surface area contributed by atoms with E-state index in [0.29, 0.717) is 5.69 Å². The minimum absolute atomic E-state index is 0.268. The molecule has 6 heteroatoms. The van der Waals surface area contributed by atoms with Crippen LogP contribution >= 0.6 is 0 Å². The highest BCUT2D eigenvalue weighted by Gasteiger charge is 2.65. The molecule has 2 fully saturated rings. The quantitative estimate of drug-likeness (QED) is 0.585. The third-order valence-corrected chi connectivity index (χ3v) is 6.20. The number of carbonyl (C=O) groups excluding carboxylic acids is 3. The zero-order chi connectivity index (χ0) is 20.3. The molecule has 29 heavy (non-hydrogen) atoms. The van der Waals surface area contributed by atoms with E-state index in [0.717, 1.165) is 16.7 Å². The van der Waals surface area contributed by atoms with E-state index < -0.39 is 23.8 Å². The predicted octanol–water partition coefficient (Wildman–Crippen LogP) is 2.68. The number of carbonyl (C=O) groups is 3. The number of amides is 2. The molecule has 0 aromatic heterocycles. The Morgan fingerprint density at radius 2 is 1.66 bits per heavy atom. The first kappa shape index (κ1) is 17.7. The molecular weight excluding hydrogens is 368 g/mol. The van der Waals surface area contributed by atoms with E-state index >= 15 is 0 Å². The Bertz CT molecular complexity index is 1060. The highest BCUT2D eigenvalue weighted by atomic mass is 16.5. The number of fused-ring (bicyclic) bond motifs is 5. The van der Waals surface area contributed by atoms with Crippen molar-refractivity contribution in [2.45, 2.75) is 19.0 Å². The Morgan fingerprint density at radius 1 is 0.966 bits per heavy atom. The van der Waals surface area contributed by atoms with Crippen LogP contribution in [0.3, 0.4) is 0 Å². The van der Waals surface area contributed by atoms with Gasteiger partial charge in [0.05, 0.1) is 30.7 Å². The van der Waals surface area contributed by atoms with Gasteiger partial charge in [-0.2, -0.15) is 0 Å². The molecule has 2 aromatic carbocycles. The van der Waals surface area contributed by atoms with E-state index in [9.17, 15) is 14.4 Å². The van der Waals surface area contributed by atoms with Gasteiger partial charge in [0.25, 0.3) is 0 Å². The van der Waals surface area contributed by atoms with E-state index in [2.05, 4.69) is 0 Å². The van der Waals surface area contributed by atoms with Crippen LogP contribution in [0.5, 0.6) is 0 Å². The van der Waals surface area contributed by atoms with Crippen LogP contribution < -0.4 is 4.90 Å². The van der Waals surface area contributed by atoms with Gasteiger partial charge in [-0.1, -0.05) is 42.0 Å². The minimum atomic E-state index is -0.827. The second kappa shape index (κ2) is 6.30. The largest absolute Gasteiger partial charge is 0.467 e. The average molecular weight is 388 g/mol. The second-order valence-electron chi connectivity index (χ2n) is 7.70. The van der Waals surface area contributed by atoms with Gasteiger partial charge in [0, 0.05) is 6.20 Å². The summed E-state index contributed by atoms with van der Waals surface area (Å²) in [6.45, 7) is 1.95. The van der Waals surface area contributed by atoms with Gasteiger partial charge in [-0.3, -0.25) is 9.59 Å². The second-order valence-corrected chi connectivity index (χ2v) is 7.70. The van der Waals surface area contributed by atoms with E-state index in [1.807, 2.05) is 60.5 Å². The van der Waals surface area contributed by atoms with Gasteiger partial charge in [0.2, 0.25) is 11.8 Å². The maximum Gasteiger partial charge on any atom is 0.329 e. The Morgan fingerprint density at radius 3 is 2.38 bits per heavy atom. The molecule has 2 aromatic rings. The summed E-state index contributed by atoms with van der Waals surface area (Å²) in [6, 6.07) is 13.8. The molecule has 3 aliphatic rings. The number of rotatable bonds is 2. The number of esters is 1. The van der Waals surface area contributed by atoms with Crippen molar-refractivity contribution in [1.82, 2.24) is 4.90 Å². The number of hydrogen-bond acceptors (Lipinski definition) is 5. The zero-order valence-corrected chi connectivity index (χ0v) is 16.1. The molecule has 0 spiro atoms. The first-order valence-electron chi connectivity index (χ1n) is 9.60. The Hall–Kier alpha value is -3.41. The third kappa shape index (κ3) is 2.38. The van der Waals surface area contributed by atoms with Crippen LogP contribution in [0.15, 0.2) is 54.7 Å². The number of benzene rings is 2. The number of aryl methyl sites for hydroxylation is 1. The summed E-state index contributed by atoms with van der Waals surface area (Å²) in [6.07, 6.45) is 3.72. The van der Waals surface area contributed by atoms with Crippen molar-refractivity contribution in [2.75, 3.05) is 12.0 Å². The predicted molar refractivity (Wildman–Crippen MR) is 107 cm³/mol. The number of ether oxygens (including phenoxy) is 1. The van der Waals surface area contributed by atoms with E-state index in [1.54, 1.807) is 12.1 Å². The van der Waals surface area contributed by atoms with Crippen molar-refractivity contribution >= 4 is 29.5 Å². The molecule has 4 atom stereocenters. The summed E-state index contributed by atoms with van der Waals surface area (Å²) in [5.74, 6) is -2.54. The van der Waals surface area contributed by atoms with Crippen LogP contribution in [0.2, 0.25) is 0 Å². The van der Waals surface area contributed by atoms with Crippen molar-refractivity contribution in [3.05, 3.63) is 71.4 Å². The standard InChI is InChI=1S/C23H20N2O4/c1-13-7-9-15(10-8-13)25-21(26)17-18(22(25)27)20(23(28)29-2)24-12-11-14-5-3-4-6-16(14)19(17)24/h3-12,17-20H,1-2H3. The summed E-state index contributed by atoms with van der Waals surface area (Å²) in [5, 5.41) is 0. The molecule has 0 bridgehead atoms. The van der Waals surface area contributed by atoms with Gasteiger partial charge >= 0.3 is 5.97 Å². The van der Waals surface area contributed by atoms with Gasteiger partial charge in [0.15, 0.2) is 0 Å². The molecule has 6 nitrogen and oxygen atoms in total. The molecule has 2 amide bonds. The third-order valence-electron chi connectivity index (χ3n) is 6.20. The molecule has 3 heterocycles. The van der Waals surface area contributed by atoms with Crippen LogP contribution in [0, 0.1) is 18.8 Å².